The molecule has 0 fully saturated rings. The SMILES string of the molecule is CCCC(=O)Nc1cncc(-c2cc3c(-c4cc5c(-c6ccc(C(C)=O)s6)cccc5[nH]4)n[nH]c3cn2)c1. The van der Waals surface area contributed by atoms with E-state index in [4.69, 9.17) is 0 Å². The van der Waals surface area contributed by atoms with Gasteiger partial charge in [-0.2, -0.15) is 5.10 Å². The van der Waals surface area contributed by atoms with Crippen LogP contribution in [0.15, 0.2) is 67.1 Å². The lowest BCUT2D eigenvalue weighted by molar-refractivity contribution is -0.116. The molecule has 0 spiro atoms. The van der Waals surface area contributed by atoms with Crippen LogP contribution in [0.3, 0.4) is 0 Å². The number of hydrogen-bond donors (Lipinski definition) is 3. The zero-order valence-corrected chi connectivity index (χ0v) is 21.6. The minimum absolute atomic E-state index is 0.0368. The number of pyridine rings is 2. The predicted molar refractivity (Wildman–Crippen MR) is 151 cm³/mol. The Morgan fingerprint density at radius 1 is 1.00 bits per heavy atom. The number of carbonyl (C=O) groups is 2. The number of anilines is 1. The molecular formula is C29H24N6O2S. The average molecular weight is 521 g/mol. The molecule has 0 bridgehead atoms. The Balaban J connectivity index is 1.39. The van der Waals surface area contributed by atoms with E-state index in [0.717, 1.165) is 66.2 Å². The molecule has 188 valence electrons. The number of thiophene rings is 1. The number of carbonyl (C=O) groups excluding carboxylic acids is 2. The van der Waals surface area contributed by atoms with Gasteiger partial charge in [-0.25, -0.2) is 0 Å². The number of Topliss-reactive ketones (excluding diaryl/α,β-unsaturated/α-hetero) is 1. The molecule has 5 aromatic heterocycles. The second kappa shape index (κ2) is 9.68. The van der Waals surface area contributed by atoms with Crippen LogP contribution in [-0.2, 0) is 4.79 Å². The standard InChI is InChI=1S/C29H24N6O2S/c1-3-5-28(37)32-18-10-17(13-30-14-18)23-12-21-25(15-31-23)34-35-29(21)24-11-20-19(6-4-7-22(20)33-24)27-9-8-26(38-27)16(2)36/h4,6-15,33H,3,5H2,1-2H3,(H,32,37)(H,34,35). The van der Waals surface area contributed by atoms with E-state index in [0.29, 0.717) is 12.1 Å². The number of nitrogens with zero attached hydrogens (tertiary/aromatic N) is 3. The summed E-state index contributed by atoms with van der Waals surface area (Å²) in [6.07, 6.45) is 6.36. The predicted octanol–water partition coefficient (Wildman–Crippen LogP) is 6.84. The molecule has 0 saturated carbocycles. The van der Waals surface area contributed by atoms with Crippen LogP contribution >= 0.6 is 11.3 Å². The van der Waals surface area contributed by atoms with E-state index in [1.54, 1.807) is 25.5 Å². The van der Waals surface area contributed by atoms with E-state index in [1.165, 1.54) is 11.3 Å². The van der Waals surface area contributed by atoms with Gasteiger partial charge in [0.05, 0.1) is 39.9 Å². The van der Waals surface area contributed by atoms with Crippen LogP contribution in [0.5, 0.6) is 0 Å². The smallest absolute Gasteiger partial charge is 0.224 e. The van der Waals surface area contributed by atoms with Crippen LogP contribution < -0.4 is 5.32 Å². The van der Waals surface area contributed by atoms with Crippen molar-refractivity contribution in [2.75, 3.05) is 5.32 Å². The molecule has 38 heavy (non-hydrogen) atoms. The third kappa shape index (κ3) is 4.37. The fourth-order valence-electron chi connectivity index (χ4n) is 4.55. The lowest BCUT2D eigenvalue weighted by Gasteiger charge is -2.06. The topological polar surface area (TPSA) is 116 Å². The Labute approximate surface area is 222 Å². The van der Waals surface area contributed by atoms with E-state index < -0.39 is 0 Å². The highest BCUT2D eigenvalue weighted by molar-refractivity contribution is 7.17. The number of hydrogen-bond acceptors (Lipinski definition) is 6. The quantitative estimate of drug-likeness (QED) is 0.199. The Morgan fingerprint density at radius 2 is 1.89 bits per heavy atom. The van der Waals surface area contributed by atoms with E-state index in [2.05, 4.69) is 42.6 Å². The molecule has 9 heteroatoms. The third-order valence-electron chi connectivity index (χ3n) is 6.38. The Hall–Kier alpha value is -4.63. The van der Waals surface area contributed by atoms with Crippen molar-refractivity contribution in [3.63, 3.8) is 0 Å². The van der Waals surface area contributed by atoms with Gasteiger partial charge in [0.2, 0.25) is 5.91 Å². The molecule has 1 aromatic carbocycles. The maximum absolute atomic E-state index is 12.0. The van der Waals surface area contributed by atoms with E-state index in [1.807, 2.05) is 43.3 Å². The summed E-state index contributed by atoms with van der Waals surface area (Å²) in [5, 5.41) is 12.5. The van der Waals surface area contributed by atoms with E-state index in [-0.39, 0.29) is 11.7 Å². The molecular weight excluding hydrogens is 496 g/mol. The molecule has 3 N–H and O–H groups in total. The number of benzene rings is 1. The monoisotopic (exact) mass is 520 g/mol. The highest BCUT2D eigenvalue weighted by atomic mass is 32.1. The number of H-pyrrole nitrogens is 2. The maximum atomic E-state index is 12.0. The zero-order chi connectivity index (χ0) is 26.2. The summed E-state index contributed by atoms with van der Waals surface area (Å²) in [5.74, 6) is 0.0323. The first-order valence-corrected chi connectivity index (χ1v) is 13.1. The molecule has 0 atom stereocenters. The Bertz CT molecular complexity index is 1830. The Kier molecular flexibility index (Phi) is 6.05. The Morgan fingerprint density at radius 3 is 2.71 bits per heavy atom. The van der Waals surface area contributed by atoms with Crippen molar-refractivity contribution in [1.29, 1.82) is 0 Å². The minimum Gasteiger partial charge on any atom is -0.353 e. The average Bonchev–Trinajstić information content (AvgIpc) is 3.66. The van der Waals surface area contributed by atoms with Crippen LogP contribution in [0.4, 0.5) is 5.69 Å². The summed E-state index contributed by atoms with van der Waals surface area (Å²) < 4.78 is 0. The van der Waals surface area contributed by atoms with Gasteiger partial charge in [-0.1, -0.05) is 19.1 Å². The third-order valence-corrected chi connectivity index (χ3v) is 7.60. The molecule has 8 nitrogen and oxygen atoms in total. The molecule has 0 aliphatic rings. The molecule has 0 aliphatic heterocycles. The lowest BCUT2D eigenvalue weighted by atomic mass is 10.1. The van der Waals surface area contributed by atoms with Crippen LogP contribution in [0.25, 0.3) is 54.9 Å². The molecule has 0 saturated heterocycles. The van der Waals surface area contributed by atoms with Gasteiger partial charge in [-0.3, -0.25) is 24.7 Å². The number of fused-ring (bicyclic) bond motifs is 2. The van der Waals surface area contributed by atoms with E-state index in [9.17, 15) is 9.59 Å². The van der Waals surface area contributed by atoms with E-state index >= 15 is 0 Å². The van der Waals surface area contributed by atoms with Crippen molar-refractivity contribution in [2.24, 2.45) is 0 Å². The first-order valence-electron chi connectivity index (χ1n) is 12.3. The second-order valence-electron chi connectivity index (χ2n) is 9.12. The first-order chi connectivity index (χ1) is 18.5. The summed E-state index contributed by atoms with van der Waals surface area (Å²) in [6, 6.07) is 15.9. The largest absolute Gasteiger partial charge is 0.353 e. The summed E-state index contributed by atoms with van der Waals surface area (Å²) >= 11 is 1.50. The normalized spacial score (nSPS) is 11.3. The first kappa shape index (κ1) is 23.7. The summed E-state index contributed by atoms with van der Waals surface area (Å²) in [4.78, 5) is 38.0. The van der Waals surface area contributed by atoms with Crippen molar-refractivity contribution >= 4 is 50.5 Å². The zero-order valence-electron chi connectivity index (χ0n) is 20.8. The van der Waals surface area contributed by atoms with Gasteiger partial charge >= 0.3 is 0 Å². The lowest BCUT2D eigenvalue weighted by Crippen LogP contribution is -2.10. The van der Waals surface area contributed by atoms with Gasteiger partial charge in [-0.15, -0.1) is 11.3 Å². The molecule has 5 heterocycles. The van der Waals surface area contributed by atoms with Gasteiger partial charge in [-0.05, 0) is 49.7 Å². The number of amides is 1. The molecule has 0 aliphatic carbocycles. The fraction of sp³-hybridized carbons (Fsp3) is 0.138. The van der Waals surface area contributed by atoms with Crippen LogP contribution in [0.1, 0.15) is 36.4 Å². The number of rotatable bonds is 7. The summed E-state index contributed by atoms with van der Waals surface area (Å²) in [7, 11) is 0. The van der Waals surface area contributed by atoms with Gasteiger partial charge in [0.25, 0.3) is 0 Å². The molecule has 0 unspecified atom stereocenters. The molecule has 6 rings (SSSR count). The number of aromatic nitrogens is 5. The molecule has 1 amide bonds. The molecule has 0 radical (unpaired) electrons. The van der Waals surface area contributed by atoms with Crippen molar-refractivity contribution in [3.8, 4) is 33.1 Å². The van der Waals surface area contributed by atoms with Gasteiger partial charge in [0, 0.05) is 44.9 Å². The van der Waals surface area contributed by atoms with Crippen LogP contribution in [0.2, 0.25) is 0 Å². The van der Waals surface area contributed by atoms with Gasteiger partial charge < -0.3 is 10.3 Å². The number of nitrogens with one attached hydrogen (secondary N) is 3. The van der Waals surface area contributed by atoms with Crippen molar-refractivity contribution in [2.45, 2.75) is 26.7 Å². The summed E-state index contributed by atoms with van der Waals surface area (Å²) in [5.41, 5.74) is 6.68. The number of ketones is 1. The van der Waals surface area contributed by atoms with Crippen LogP contribution in [0, 0.1) is 0 Å². The van der Waals surface area contributed by atoms with Crippen molar-refractivity contribution < 1.29 is 9.59 Å². The van der Waals surface area contributed by atoms with Crippen molar-refractivity contribution in [1.82, 2.24) is 25.1 Å². The highest BCUT2D eigenvalue weighted by Gasteiger charge is 2.16. The number of aromatic amines is 2. The second-order valence-corrected chi connectivity index (χ2v) is 10.2. The van der Waals surface area contributed by atoms with Gasteiger partial charge in [0.1, 0.15) is 5.69 Å². The minimum atomic E-state index is -0.0368. The van der Waals surface area contributed by atoms with Gasteiger partial charge in [0.15, 0.2) is 5.78 Å². The fourth-order valence-corrected chi connectivity index (χ4v) is 5.49. The summed E-state index contributed by atoms with van der Waals surface area (Å²) in [6.45, 7) is 3.56. The van der Waals surface area contributed by atoms with Crippen molar-refractivity contribution in [3.05, 3.63) is 72.0 Å². The highest BCUT2D eigenvalue weighted by Crippen LogP contribution is 2.37. The van der Waals surface area contributed by atoms with Crippen LogP contribution in [-0.4, -0.2) is 36.8 Å². The molecule has 6 aromatic rings. The maximum Gasteiger partial charge on any atom is 0.224 e.